The first-order valence-electron chi connectivity index (χ1n) is 4.85. The van der Waals surface area contributed by atoms with Crippen molar-refractivity contribution < 1.29 is 9.13 Å². The van der Waals surface area contributed by atoms with Crippen LogP contribution in [-0.4, -0.2) is 18.0 Å². The van der Waals surface area contributed by atoms with Gasteiger partial charge in [0.2, 0.25) is 6.36 Å². The van der Waals surface area contributed by atoms with Gasteiger partial charge in [-0.25, -0.2) is 4.39 Å². The van der Waals surface area contributed by atoms with Crippen LogP contribution in [-0.2, 0) is 10.3 Å². The molecule has 2 rings (SSSR count). The van der Waals surface area contributed by atoms with Crippen molar-refractivity contribution in [3.8, 4) is 0 Å². The van der Waals surface area contributed by atoms with E-state index in [0.717, 1.165) is 10.0 Å². The molecule has 1 saturated heterocycles. The number of hydrogen-bond donors (Lipinski definition) is 1. The lowest BCUT2D eigenvalue weighted by Gasteiger charge is -2.39. The van der Waals surface area contributed by atoms with E-state index in [1.54, 1.807) is 6.92 Å². The molecule has 0 saturated carbocycles. The molecule has 5 heteroatoms. The van der Waals surface area contributed by atoms with Crippen LogP contribution in [0.3, 0.4) is 0 Å². The van der Waals surface area contributed by atoms with E-state index >= 15 is 0 Å². The maximum atomic E-state index is 13.9. The van der Waals surface area contributed by atoms with Crippen molar-refractivity contribution in [2.24, 2.45) is 0 Å². The van der Waals surface area contributed by atoms with Gasteiger partial charge in [0.15, 0.2) is 0 Å². The minimum atomic E-state index is -1.41. The molecule has 0 aromatic heterocycles. The molecule has 2 nitrogen and oxygen atoms in total. The van der Waals surface area contributed by atoms with Crippen LogP contribution in [0.1, 0.15) is 12.5 Å². The number of nitrogens with one attached hydrogen (secondary N) is 1. The van der Waals surface area contributed by atoms with Gasteiger partial charge in [0.05, 0.1) is 0 Å². The summed E-state index contributed by atoms with van der Waals surface area (Å²) in [6, 6.07) is 7.46. The Bertz CT molecular complexity index is 428. The molecule has 1 aromatic carbocycles. The predicted octanol–water partition coefficient (Wildman–Crippen LogP) is 2.91. The molecule has 1 aliphatic rings. The fourth-order valence-corrected chi connectivity index (χ4v) is 2.39. The summed E-state index contributed by atoms with van der Waals surface area (Å²) in [6.07, 6.45) is -1.41. The maximum Gasteiger partial charge on any atom is 0.226 e. The first kappa shape index (κ1) is 12.0. The number of thiocarbonyl (C=S) groups is 1. The van der Waals surface area contributed by atoms with Crippen molar-refractivity contribution in [1.29, 1.82) is 0 Å². The number of halogens is 2. The molecule has 1 N–H and O–H groups in total. The van der Waals surface area contributed by atoms with Crippen molar-refractivity contribution in [1.82, 2.24) is 5.32 Å². The Hall–Kier alpha value is -0.520. The van der Waals surface area contributed by atoms with Crippen LogP contribution in [0.2, 0.25) is 0 Å². The zero-order valence-corrected chi connectivity index (χ0v) is 11.1. The number of ether oxygens (including phenoxy) is 1. The lowest BCUT2D eigenvalue weighted by atomic mass is 9.91. The van der Waals surface area contributed by atoms with Gasteiger partial charge >= 0.3 is 0 Å². The molecule has 0 bridgehead atoms. The van der Waals surface area contributed by atoms with Gasteiger partial charge in [0, 0.05) is 4.47 Å². The Balaban J connectivity index is 2.39. The highest BCUT2D eigenvalue weighted by Crippen LogP contribution is 2.31. The van der Waals surface area contributed by atoms with Gasteiger partial charge in [0.25, 0.3) is 0 Å². The summed E-state index contributed by atoms with van der Waals surface area (Å²) in [5.74, 6) is 0. The second-order valence-corrected chi connectivity index (χ2v) is 5.30. The average molecular weight is 304 g/mol. The molecule has 0 aliphatic carbocycles. The van der Waals surface area contributed by atoms with Crippen molar-refractivity contribution in [3.63, 3.8) is 0 Å². The van der Waals surface area contributed by atoms with E-state index in [1.807, 2.05) is 24.3 Å². The fraction of sp³-hybridized carbons (Fsp3) is 0.364. The van der Waals surface area contributed by atoms with E-state index in [4.69, 9.17) is 17.0 Å². The fourth-order valence-electron chi connectivity index (χ4n) is 1.71. The molecule has 0 unspecified atom stereocenters. The summed E-state index contributed by atoms with van der Waals surface area (Å²) < 4.78 is 19.8. The smallest absolute Gasteiger partial charge is 0.226 e. The largest absolute Gasteiger partial charge is 0.364 e. The Labute approximate surface area is 107 Å². The Kier molecular flexibility index (Phi) is 3.28. The molecular formula is C11H11BrFNOS. The van der Waals surface area contributed by atoms with Crippen LogP contribution in [0, 0.1) is 0 Å². The van der Waals surface area contributed by atoms with Gasteiger partial charge in [-0.05, 0) is 24.6 Å². The van der Waals surface area contributed by atoms with Crippen LogP contribution in [0.5, 0.6) is 0 Å². The Morgan fingerprint density at radius 3 is 3.06 bits per heavy atom. The third kappa shape index (κ3) is 2.12. The van der Waals surface area contributed by atoms with E-state index in [9.17, 15) is 4.39 Å². The number of hydrogen-bond acceptors (Lipinski definition) is 2. The number of alkyl halides is 1. The Morgan fingerprint density at radius 2 is 2.38 bits per heavy atom. The molecule has 86 valence electrons. The number of rotatable bonds is 1. The lowest BCUT2D eigenvalue weighted by molar-refractivity contribution is -0.0922. The first-order chi connectivity index (χ1) is 7.52. The topological polar surface area (TPSA) is 21.3 Å². The van der Waals surface area contributed by atoms with Crippen LogP contribution in [0.25, 0.3) is 0 Å². The molecule has 1 fully saturated rings. The molecule has 1 heterocycles. The zero-order valence-electron chi connectivity index (χ0n) is 8.67. The third-order valence-corrected chi connectivity index (χ3v) is 3.35. The first-order valence-corrected chi connectivity index (χ1v) is 6.05. The van der Waals surface area contributed by atoms with Crippen LogP contribution >= 0.6 is 28.1 Å². The second kappa shape index (κ2) is 4.39. The third-order valence-electron chi connectivity index (χ3n) is 2.64. The summed E-state index contributed by atoms with van der Waals surface area (Å²) in [4.78, 5) is 0.524. The Morgan fingerprint density at radius 1 is 1.62 bits per heavy atom. The summed E-state index contributed by atoms with van der Waals surface area (Å²) in [6.45, 7) is 1.88. The standard InChI is InChI=1S/C11H11BrFNOS/c1-11(7-3-2-4-8(12)5-7)10(13)15-6-9(16)14-11/h2-5,10H,6H2,1H3,(H,14,16)/t10-,11+/m0/s1. The van der Waals surface area contributed by atoms with Crippen molar-refractivity contribution in [2.75, 3.05) is 6.61 Å². The van der Waals surface area contributed by atoms with Gasteiger partial charge in [-0.15, -0.1) is 0 Å². The van der Waals surface area contributed by atoms with Gasteiger partial charge in [-0.2, -0.15) is 0 Å². The molecule has 1 aliphatic heterocycles. The minimum Gasteiger partial charge on any atom is -0.364 e. The quantitative estimate of drug-likeness (QED) is 0.806. The molecule has 0 amide bonds. The monoisotopic (exact) mass is 303 g/mol. The van der Waals surface area contributed by atoms with Gasteiger partial charge < -0.3 is 10.1 Å². The summed E-state index contributed by atoms with van der Waals surface area (Å²) in [5, 5.41) is 3.00. The molecule has 16 heavy (non-hydrogen) atoms. The van der Waals surface area contributed by atoms with Gasteiger partial charge in [0.1, 0.15) is 17.1 Å². The molecule has 0 spiro atoms. The van der Waals surface area contributed by atoms with Crippen molar-refractivity contribution in [3.05, 3.63) is 34.3 Å². The van der Waals surface area contributed by atoms with E-state index in [1.165, 1.54) is 0 Å². The van der Waals surface area contributed by atoms with Gasteiger partial charge in [-0.3, -0.25) is 0 Å². The van der Waals surface area contributed by atoms with Gasteiger partial charge in [-0.1, -0.05) is 40.3 Å². The highest BCUT2D eigenvalue weighted by molar-refractivity contribution is 9.10. The van der Waals surface area contributed by atoms with E-state index in [2.05, 4.69) is 21.2 Å². The molecular weight excluding hydrogens is 293 g/mol. The average Bonchev–Trinajstić information content (AvgIpc) is 2.24. The second-order valence-electron chi connectivity index (χ2n) is 3.89. The maximum absolute atomic E-state index is 13.9. The van der Waals surface area contributed by atoms with E-state index in [0.29, 0.717) is 4.99 Å². The lowest BCUT2D eigenvalue weighted by Crippen LogP contribution is -2.56. The summed E-state index contributed by atoms with van der Waals surface area (Å²) in [5.41, 5.74) is -0.115. The van der Waals surface area contributed by atoms with E-state index < -0.39 is 11.9 Å². The number of morpholine rings is 1. The normalized spacial score (nSPS) is 29.9. The SMILES string of the molecule is C[C@]1(c2cccc(Br)c2)NC(=S)CO[C@@H]1F. The van der Waals surface area contributed by atoms with Crippen LogP contribution in [0.4, 0.5) is 4.39 Å². The van der Waals surface area contributed by atoms with Crippen LogP contribution in [0.15, 0.2) is 28.7 Å². The van der Waals surface area contributed by atoms with Crippen molar-refractivity contribution in [2.45, 2.75) is 18.8 Å². The zero-order chi connectivity index (χ0) is 11.8. The molecule has 1 aromatic rings. The molecule has 2 atom stereocenters. The number of benzene rings is 1. The predicted molar refractivity (Wildman–Crippen MR) is 68.1 cm³/mol. The highest BCUT2D eigenvalue weighted by atomic mass is 79.9. The summed E-state index contributed by atoms with van der Waals surface area (Å²) >= 11 is 8.39. The van der Waals surface area contributed by atoms with Crippen LogP contribution < -0.4 is 5.32 Å². The minimum absolute atomic E-state index is 0.139. The highest BCUT2D eigenvalue weighted by Gasteiger charge is 2.41. The molecule has 0 radical (unpaired) electrons. The van der Waals surface area contributed by atoms with Crippen molar-refractivity contribution >= 4 is 33.1 Å². The summed E-state index contributed by atoms with van der Waals surface area (Å²) in [7, 11) is 0. The van der Waals surface area contributed by atoms with E-state index in [-0.39, 0.29) is 6.61 Å².